The Morgan fingerprint density at radius 2 is 1.89 bits per heavy atom. The predicted molar refractivity (Wildman–Crippen MR) is 79.2 cm³/mol. The first kappa shape index (κ1) is 13.7. The van der Waals surface area contributed by atoms with Gasteiger partial charge in [0.25, 0.3) is 0 Å². The van der Waals surface area contributed by atoms with Crippen LogP contribution in [0, 0.1) is 6.92 Å². The maximum absolute atomic E-state index is 12.2. The molecule has 0 amide bonds. The molecular formula is C16H16O2S. The number of methoxy groups -OCH3 is 1. The SMILES string of the molecule is COc1ccc(C)cc1C(=O)CSc1ccccc1. The van der Waals surface area contributed by atoms with Crippen molar-refractivity contribution >= 4 is 17.5 Å². The molecule has 0 radical (unpaired) electrons. The highest BCUT2D eigenvalue weighted by Gasteiger charge is 2.12. The van der Waals surface area contributed by atoms with Gasteiger partial charge in [-0.2, -0.15) is 0 Å². The zero-order valence-corrected chi connectivity index (χ0v) is 11.9. The third-order valence-electron chi connectivity index (χ3n) is 2.77. The standard InChI is InChI=1S/C16H16O2S/c1-12-8-9-16(18-2)14(10-12)15(17)11-19-13-6-4-3-5-7-13/h3-10H,11H2,1-2H3. The maximum atomic E-state index is 12.2. The first-order chi connectivity index (χ1) is 9.20. The van der Waals surface area contributed by atoms with Crippen LogP contribution in [0.4, 0.5) is 0 Å². The summed E-state index contributed by atoms with van der Waals surface area (Å²) in [6.45, 7) is 1.97. The number of Topliss-reactive ketones (excluding diaryl/α,β-unsaturated/α-hetero) is 1. The van der Waals surface area contributed by atoms with E-state index >= 15 is 0 Å². The van der Waals surface area contributed by atoms with Crippen molar-refractivity contribution in [2.75, 3.05) is 12.9 Å². The Labute approximate surface area is 117 Å². The van der Waals surface area contributed by atoms with E-state index in [1.54, 1.807) is 18.9 Å². The number of ketones is 1. The van der Waals surface area contributed by atoms with Crippen LogP contribution in [0.25, 0.3) is 0 Å². The lowest BCUT2D eigenvalue weighted by Crippen LogP contribution is -2.05. The van der Waals surface area contributed by atoms with Gasteiger partial charge in [0.1, 0.15) is 5.75 Å². The van der Waals surface area contributed by atoms with Gasteiger partial charge in [0.05, 0.1) is 18.4 Å². The van der Waals surface area contributed by atoms with Gasteiger partial charge in [-0.3, -0.25) is 4.79 Å². The highest BCUT2D eigenvalue weighted by atomic mass is 32.2. The summed E-state index contributed by atoms with van der Waals surface area (Å²) in [7, 11) is 1.59. The van der Waals surface area contributed by atoms with E-state index in [0.29, 0.717) is 17.1 Å². The Hall–Kier alpha value is -1.74. The number of benzene rings is 2. The summed E-state index contributed by atoms with van der Waals surface area (Å²) in [6, 6.07) is 15.6. The van der Waals surface area contributed by atoms with Gasteiger partial charge in [0.2, 0.25) is 0 Å². The highest BCUT2D eigenvalue weighted by Crippen LogP contribution is 2.24. The Kier molecular flexibility index (Phi) is 4.63. The molecule has 0 aliphatic heterocycles. The van der Waals surface area contributed by atoms with Gasteiger partial charge in [-0.15, -0.1) is 11.8 Å². The van der Waals surface area contributed by atoms with Crippen LogP contribution in [0.5, 0.6) is 5.75 Å². The maximum Gasteiger partial charge on any atom is 0.176 e. The van der Waals surface area contributed by atoms with E-state index in [1.807, 2.05) is 55.5 Å². The molecule has 0 saturated carbocycles. The topological polar surface area (TPSA) is 26.3 Å². The highest BCUT2D eigenvalue weighted by molar-refractivity contribution is 8.00. The largest absolute Gasteiger partial charge is 0.496 e. The molecule has 0 atom stereocenters. The lowest BCUT2D eigenvalue weighted by atomic mass is 10.1. The first-order valence-electron chi connectivity index (χ1n) is 6.06. The number of aryl methyl sites for hydroxylation is 1. The van der Waals surface area contributed by atoms with Crippen LogP contribution in [0.2, 0.25) is 0 Å². The predicted octanol–water partition coefficient (Wildman–Crippen LogP) is 3.98. The summed E-state index contributed by atoms with van der Waals surface area (Å²) in [5, 5.41) is 0. The molecule has 2 aromatic carbocycles. The molecule has 0 aromatic heterocycles. The average molecular weight is 272 g/mol. The van der Waals surface area contributed by atoms with E-state index in [1.165, 1.54) is 0 Å². The number of thioether (sulfide) groups is 1. The molecule has 0 aliphatic rings. The smallest absolute Gasteiger partial charge is 0.176 e. The second-order valence-corrected chi connectivity index (χ2v) is 5.28. The average Bonchev–Trinajstić information content (AvgIpc) is 2.46. The van der Waals surface area contributed by atoms with E-state index in [0.717, 1.165) is 10.5 Å². The molecule has 0 bridgehead atoms. The molecule has 0 heterocycles. The molecule has 0 fully saturated rings. The fourth-order valence-electron chi connectivity index (χ4n) is 1.78. The van der Waals surface area contributed by atoms with Crippen LogP contribution in [0.3, 0.4) is 0 Å². The molecule has 2 rings (SSSR count). The third kappa shape index (κ3) is 3.61. The Morgan fingerprint density at radius 1 is 1.16 bits per heavy atom. The van der Waals surface area contributed by atoms with Crippen LogP contribution in [0.15, 0.2) is 53.4 Å². The van der Waals surface area contributed by atoms with Crippen LogP contribution in [-0.4, -0.2) is 18.6 Å². The van der Waals surface area contributed by atoms with E-state index in [9.17, 15) is 4.79 Å². The van der Waals surface area contributed by atoms with E-state index < -0.39 is 0 Å². The molecular weight excluding hydrogens is 256 g/mol. The van der Waals surface area contributed by atoms with Gasteiger partial charge >= 0.3 is 0 Å². The Morgan fingerprint density at radius 3 is 2.58 bits per heavy atom. The molecule has 0 spiro atoms. The second kappa shape index (κ2) is 6.43. The van der Waals surface area contributed by atoms with Crippen molar-refractivity contribution in [2.45, 2.75) is 11.8 Å². The molecule has 2 nitrogen and oxygen atoms in total. The van der Waals surface area contributed by atoms with Crippen molar-refractivity contribution in [3.05, 3.63) is 59.7 Å². The van der Waals surface area contributed by atoms with Crippen molar-refractivity contribution < 1.29 is 9.53 Å². The number of hydrogen-bond acceptors (Lipinski definition) is 3. The van der Waals surface area contributed by atoms with Gasteiger partial charge < -0.3 is 4.74 Å². The summed E-state index contributed by atoms with van der Waals surface area (Å²) < 4.78 is 5.24. The summed E-state index contributed by atoms with van der Waals surface area (Å²) in [5.41, 5.74) is 1.72. The number of hydrogen-bond donors (Lipinski definition) is 0. The summed E-state index contributed by atoms with van der Waals surface area (Å²) in [6.07, 6.45) is 0. The fourth-order valence-corrected chi connectivity index (χ4v) is 2.59. The molecule has 98 valence electrons. The molecule has 2 aromatic rings. The van der Waals surface area contributed by atoms with Gasteiger partial charge in [-0.25, -0.2) is 0 Å². The number of ether oxygens (including phenoxy) is 1. The lowest BCUT2D eigenvalue weighted by molar-refractivity contribution is 0.101. The van der Waals surface area contributed by atoms with Crippen LogP contribution in [-0.2, 0) is 0 Å². The van der Waals surface area contributed by atoms with Crippen molar-refractivity contribution in [1.82, 2.24) is 0 Å². The van der Waals surface area contributed by atoms with Crippen molar-refractivity contribution in [2.24, 2.45) is 0 Å². The number of rotatable bonds is 5. The molecule has 0 saturated heterocycles. The molecule has 3 heteroatoms. The Bertz CT molecular complexity index is 564. The number of carbonyl (C=O) groups is 1. The van der Waals surface area contributed by atoms with E-state index in [-0.39, 0.29) is 5.78 Å². The monoisotopic (exact) mass is 272 g/mol. The quantitative estimate of drug-likeness (QED) is 0.608. The minimum Gasteiger partial charge on any atom is -0.496 e. The molecule has 0 aliphatic carbocycles. The first-order valence-corrected chi connectivity index (χ1v) is 7.05. The Balaban J connectivity index is 2.10. The van der Waals surface area contributed by atoms with Crippen LogP contribution < -0.4 is 4.74 Å². The van der Waals surface area contributed by atoms with Gasteiger partial charge in [0, 0.05) is 4.90 Å². The van der Waals surface area contributed by atoms with E-state index in [2.05, 4.69) is 0 Å². The van der Waals surface area contributed by atoms with Gasteiger partial charge in [-0.05, 0) is 31.2 Å². The third-order valence-corrected chi connectivity index (χ3v) is 3.78. The summed E-state index contributed by atoms with van der Waals surface area (Å²) in [4.78, 5) is 13.3. The van der Waals surface area contributed by atoms with Crippen LogP contribution in [0.1, 0.15) is 15.9 Å². The van der Waals surface area contributed by atoms with Gasteiger partial charge in [-0.1, -0.05) is 29.8 Å². The minimum atomic E-state index is 0.0920. The van der Waals surface area contributed by atoms with E-state index in [4.69, 9.17) is 4.74 Å². The zero-order chi connectivity index (χ0) is 13.7. The minimum absolute atomic E-state index is 0.0920. The summed E-state index contributed by atoms with van der Waals surface area (Å²) in [5.74, 6) is 1.16. The summed E-state index contributed by atoms with van der Waals surface area (Å²) >= 11 is 1.54. The fraction of sp³-hybridized carbons (Fsp3) is 0.188. The lowest BCUT2D eigenvalue weighted by Gasteiger charge is -2.08. The molecule has 0 unspecified atom stereocenters. The normalized spacial score (nSPS) is 10.2. The van der Waals surface area contributed by atoms with Crippen molar-refractivity contribution in [3.63, 3.8) is 0 Å². The van der Waals surface area contributed by atoms with Gasteiger partial charge in [0.15, 0.2) is 5.78 Å². The molecule has 19 heavy (non-hydrogen) atoms. The zero-order valence-electron chi connectivity index (χ0n) is 11.1. The second-order valence-electron chi connectivity index (χ2n) is 4.23. The molecule has 0 N–H and O–H groups in total. The number of carbonyl (C=O) groups excluding carboxylic acids is 1. The van der Waals surface area contributed by atoms with Crippen LogP contribution >= 0.6 is 11.8 Å². The van der Waals surface area contributed by atoms with Crippen molar-refractivity contribution in [3.8, 4) is 5.75 Å². The van der Waals surface area contributed by atoms with Crippen molar-refractivity contribution in [1.29, 1.82) is 0 Å².